The number of allylic oxidation sites excluding steroid dienone is 1. The zero-order valence-corrected chi connectivity index (χ0v) is 10.9. The molecule has 0 aromatic heterocycles. The maximum absolute atomic E-state index is 12.7. The lowest BCUT2D eigenvalue weighted by Gasteiger charge is -2.01. The van der Waals surface area contributed by atoms with Crippen LogP contribution < -0.4 is 5.32 Å². The van der Waals surface area contributed by atoms with Gasteiger partial charge in [0.25, 0.3) is 0 Å². The third kappa shape index (κ3) is 4.01. The van der Waals surface area contributed by atoms with Gasteiger partial charge >= 0.3 is 5.97 Å². The summed E-state index contributed by atoms with van der Waals surface area (Å²) in [5.41, 5.74) is 1.23. The first-order valence-corrected chi connectivity index (χ1v) is 6.12. The monoisotopic (exact) mass is 285 g/mol. The van der Waals surface area contributed by atoms with E-state index < -0.39 is 11.8 Å². The lowest BCUT2D eigenvalue weighted by Crippen LogP contribution is -1.98. The summed E-state index contributed by atoms with van der Waals surface area (Å²) in [5, 5.41) is 11.6. The molecule has 2 N–H and O–H groups in total. The molecule has 0 aliphatic carbocycles. The van der Waals surface area contributed by atoms with Gasteiger partial charge in [-0.2, -0.15) is 0 Å². The number of anilines is 1. The highest BCUT2D eigenvalue weighted by Gasteiger charge is 2.02. The number of carbonyl (C=O) groups excluding carboxylic acids is 1. The van der Waals surface area contributed by atoms with E-state index in [4.69, 9.17) is 5.11 Å². The van der Waals surface area contributed by atoms with Gasteiger partial charge in [-0.25, -0.2) is 9.18 Å². The van der Waals surface area contributed by atoms with Crippen molar-refractivity contribution in [2.45, 2.75) is 0 Å². The van der Waals surface area contributed by atoms with Crippen molar-refractivity contribution >= 4 is 17.4 Å². The molecule has 0 saturated carbocycles. The first-order chi connectivity index (χ1) is 10.1. The van der Waals surface area contributed by atoms with Gasteiger partial charge in [-0.05, 0) is 48.5 Å². The van der Waals surface area contributed by atoms with Crippen LogP contribution in [0.3, 0.4) is 0 Å². The first kappa shape index (κ1) is 14.5. The predicted molar refractivity (Wildman–Crippen MR) is 76.9 cm³/mol. The van der Waals surface area contributed by atoms with E-state index in [1.165, 1.54) is 48.7 Å². The lowest BCUT2D eigenvalue weighted by atomic mass is 10.1. The number of carboxylic acid groups (broad SMARTS) is 1. The summed E-state index contributed by atoms with van der Waals surface area (Å²) >= 11 is 0. The minimum Gasteiger partial charge on any atom is -0.478 e. The van der Waals surface area contributed by atoms with Crippen LogP contribution in [0.5, 0.6) is 0 Å². The fraction of sp³-hybridized carbons (Fsp3) is 0. The Labute approximate surface area is 120 Å². The van der Waals surface area contributed by atoms with Crippen LogP contribution >= 0.6 is 0 Å². The summed E-state index contributed by atoms with van der Waals surface area (Å²) in [6, 6.07) is 11.4. The Morgan fingerprint density at radius 1 is 0.952 bits per heavy atom. The molecular weight excluding hydrogens is 273 g/mol. The summed E-state index contributed by atoms with van der Waals surface area (Å²) in [7, 11) is 0. The first-order valence-electron chi connectivity index (χ1n) is 6.12. The van der Waals surface area contributed by atoms with Crippen molar-refractivity contribution in [1.82, 2.24) is 0 Å². The van der Waals surface area contributed by atoms with Crippen molar-refractivity contribution in [2.75, 3.05) is 5.32 Å². The molecule has 106 valence electrons. The van der Waals surface area contributed by atoms with Crippen LogP contribution in [0, 0.1) is 5.82 Å². The average Bonchev–Trinajstić information content (AvgIpc) is 2.48. The molecule has 0 aliphatic rings. The Balaban J connectivity index is 1.97. The molecule has 0 saturated heterocycles. The molecule has 21 heavy (non-hydrogen) atoms. The Morgan fingerprint density at radius 3 is 2.10 bits per heavy atom. The molecule has 2 aromatic rings. The normalized spacial score (nSPS) is 10.5. The van der Waals surface area contributed by atoms with E-state index in [0.29, 0.717) is 11.3 Å². The van der Waals surface area contributed by atoms with Crippen LogP contribution in [0.2, 0.25) is 0 Å². The molecule has 2 aromatic carbocycles. The Kier molecular flexibility index (Phi) is 4.46. The fourth-order valence-corrected chi connectivity index (χ4v) is 1.63. The number of hydrogen-bond donors (Lipinski definition) is 2. The molecular formula is C16H12FNO3. The average molecular weight is 285 g/mol. The standard InChI is InChI=1S/C16H12FNO3/c17-13-5-1-11(2-6-13)15(19)9-10-18-14-7-3-12(4-8-14)16(20)21/h1-10,18H,(H,20,21)/b10-9+. The van der Waals surface area contributed by atoms with E-state index in [9.17, 15) is 14.0 Å². The quantitative estimate of drug-likeness (QED) is 0.653. The summed E-state index contributed by atoms with van der Waals surface area (Å²) < 4.78 is 12.7. The van der Waals surface area contributed by atoms with E-state index in [1.807, 2.05) is 0 Å². The van der Waals surface area contributed by atoms with Crippen LogP contribution in [0.25, 0.3) is 0 Å². The van der Waals surface area contributed by atoms with Crippen LogP contribution in [0.15, 0.2) is 60.8 Å². The van der Waals surface area contributed by atoms with Gasteiger partial charge in [0.05, 0.1) is 5.56 Å². The molecule has 0 heterocycles. The highest BCUT2D eigenvalue weighted by Crippen LogP contribution is 2.10. The number of rotatable bonds is 5. The number of carbonyl (C=O) groups is 2. The smallest absolute Gasteiger partial charge is 0.335 e. The van der Waals surface area contributed by atoms with Crippen molar-refractivity contribution in [3.8, 4) is 0 Å². The Hall–Kier alpha value is -2.95. The third-order valence-electron chi connectivity index (χ3n) is 2.75. The molecule has 0 fully saturated rings. The number of carboxylic acids is 1. The third-order valence-corrected chi connectivity index (χ3v) is 2.75. The Morgan fingerprint density at radius 2 is 1.52 bits per heavy atom. The highest BCUT2D eigenvalue weighted by molar-refractivity contribution is 6.04. The molecule has 0 atom stereocenters. The SMILES string of the molecule is O=C(O)c1ccc(N/C=C/C(=O)c2ccc(F)cc2)cc1. The van der Waals surface area contributed by atoms with Crippen LogP contribution in [-0.2, 0) is 0 Å². The van der Waals surface area contributed by atoms with Gasteiger partial charge in [0.15, 0.2) is 5.78 Å². The van der Waals surface area contributed by atoms with Gasteiger partial charge < -0.3 is 10.4 Å². The topological polar surface area (TPSA) is 66.4 Å². The number of ketones is 1. The number of benzene rings is 2. The second kappa shape index (κ2) is 6.47. The van der Waals surface area contributed by atoms with Gasteiger partial charge in [0, 0.05) is 23.5 Å². The summed E-state index contributed by atoms with van der Waals surface area (Å²) in [6.45, 7) is 0. The molecule has 0 bridgehead atoms. The van der Waals surface area contributed by atoms with Gasteiger partial charge in [-0.15, -0.1) is 0 Å². The molecule has 5 heteroatoms. The predicted octanol–water partition coefficient (Wildman–Crippen LogP) is 3.33. The van der Waals surface area contributed by atoms with Crippen molar-refractivity contribution in [3.05, 3.63) is 77.8 Å². The number of halogens is 1. The summed E-state index contributed by atoms with van der Waals surface area (Å²) in [5.74, 6) is -1.65. The molecule has 0 radical (unpaired) electrons. The second-order valence-corrected chi connectivity index (χ2v) is 4.23. The van der Waals surface area contributed by atoms with Crippen LogP contribution in [0.4, 0.5) is 10.1 Å². The number of aromatic carboxylic acids is 1. The van der Waals surface area contributed by atoms with E-state index in [2.05, 4.69) is 5.32 Å². The molecule has 0 aliphatic heterocycles. The van der Waals surface area contributed by atoms with Crippen molar-refractivity contribution < 1.29 is 19.1 Å². The van der Waals surface area contributed by atoms with Crippen molar-refractivity contribution in [3.63, 3.8) is 0 Å². The zero-order chi connectivity index (χ0) is 15.2. The van der Waals surface area contributed by atoms with Crippen molar-refractivity contribution in [1.29, 1.82) is 0 Å². The zero-order valence-electron chi connectivity index (χ0n) is 10.9. The van der Waals surface area contributed by atoms with Gasteiger partial charge in [-0.3, -0.25) is 4.79 Å². The lowest BCUT2D eigenvalue weighted by molar-refractivity contribution is 0.0696. The van der Waals surface area contributed by atoms with Crippen LogP contribution in [-0.4, -0.2) is 16.9 Å². The van der Waals surface area contributed by atoms with E-state index in [0.717, 1.165) is 0 Å². The molecule has 0 unspecified atom stereocenters. The second-order valence-electron chi connectivity index (χ2n) is 4.23. The molecule has 2 rings (SSSR count). The van der Waals surface area contributed by atoms with E-state index >= 15 is 0 Å². The highest BCUT2D eigenvalue weighted by atomic mass is 19.1. The minimum atomic E-state index is -0.997. The minimum absolute atomic E-state index is 0.187. The van der Waals surface area contributed by atoms with Gasteiger partial charge in [0.1, 0.15) is 5.82 Å². The molecule has 4 nitrogen and oxygen atoms in total. The molecule has 0 amide bonds. The van der Waals surface area contributed by atoms with Crippen LogP contribution in [0.1, 0.15) is 20.7 Å². The van der Waals surface area contributed by atoms with E-state index in [1.54, 1.807) is 12.1 Å². The van der Waals surface area contributed by atoms with E-state index in [-0.39, 0.29) is 11.3 Å². The van der Waals surface area contributed by atoms with Gasteiger partial charge in [-0.1, -0.05) is 0 Å². The molecule has 0 spiro atoms. The van der Waals surface area contributed by atoms with Gasteiger partial charge in [0.2, 0.25) is 0 Å². The fourth-order valence-electron chi connectivity index (χ4n) is 1.63. The van der Waals surface area contributed by atoms with Crippen molar-refractivity contribution in [2.24, 2.45) is 0 Å². The summed E-state index contributed by atoms with van der Waals surface area (Å²) in [4.78, 5) is 22.5. The maximum Gasteiger partial charge on any atom is 0.335 e. The maximum atomic E-state index is 12.7. The summed E-state index contributed by atoms with van der Waals surface area (Å²) in [6.07, 6.45) is 2.76. The number of hydrogen-bond acceptors (Lipinski definition) is 3. The Bertz CT molecular complexity index is 676. The number of nitrogens with one attached hydrogen (secondary N) is 1. The largest absolute Gasteiger partial charge is 0.478 e.